The fourth-order valence-corrected chi connectivity index (χ4v) is 2.57. The Balaban J connectivity index is 1.94. The van der Waals surface area contributed by atoms with E-state index in [9.17, 15) is 4.79 Å². The maximum Gasteiger partial charge on any atom is 0.227 e. The molecule has 0 saturated carbocycles. The van der Waals surface area contributed by atoms with Crippen molar-refractivity contribution in [1.82, 2.24) is 5.32 Å². The van der Waals surface area contributed by atoms with Gasteiger partial charge in [0.15, 0.2) is 0 Å². The summed E-state index contributed by atoms with van der Waals surface area (Å²) in [7, 11) is 0. The molecule has 0 radical (unpaired) electrons. The molecule has 19 heavy (non-hydrogen) atoms. The number of carbonyl (C=O) groups is 1. The minimum Gasteiger partial charge on any atom is -0.326 e. The van der Waals surface area contributed by atoms with E-state index in [4.69, 9.17) is 0 Å². The topological polar surface area (TPSA) is 41.1 Å². The van der Waals surface area contributed by atoms with E-state index in [2.05, 4.69) is 43.5 Å². The van der Waals surface area contributed by atoms with Gasteiger partial charge in [-0.1, -0.05) is 26.0 Å². The molecule has 0 spiro atoms. The Morgan fingerprint density at radius 2 is 2.00 bits per heavy atom. The van der Waals surface area contributed by atoms with Crippen LogP contribution in [0.1, 0.15) is 45.1 Å². The van der Waals surface area contributed by atoms with Crippen LogP contribution in [0.2, 0.25) is 0 Å². The van der Waals surface area contributed by atoms with E-state index in [1.165, 1.54) is 5.56 Å². The minimum absolute atomic E-state index is 0.140. The van der Waals surface area contributed by atoms with Crippen LogP contribution in [0.25, 0.3) is 0 Å². The molecule has 1 aromatic rings. The molecule has 1 saturated heterocycles. The first-order valence-corrected chi connectivity index (χ1v) is 7.20. The highest BCUT2D eigenvalue weighted by Crippen LogP contribution is 2.20. The van der Waals surface area contributed by atoms with Gasteiger partial charge in [-0.3, -0.25) is 4.79 Å². The van der Waals surface area contributed by atoms with E-state index >= 15 is 0 Å². The molecule has 3 heteroatoms. The van der Waals surface area contributed by atoms with Crippen LogP contribution in [0, 0.1) is 5.92 Å². The lowest BCUT2D eigenvalue weighted by Gasteiger charge is -2.27. The number of carbonyl (C=O) groups excluding carboxylic acids is 1. The summed E-state index contributed by atoms with van der Waals surface area (Å²) in [6.07, 6.45) is 1.86. The van der Waals surface area contributed by atoms with Gasteiger partial charge in [-0.2, -0.15) is 0 Å². The maximum absolute atomic E-state index is 12.2. The van der Waals surface area contributed by atoms with E-state index in [1.54, 1.807) is 0 Å². The van der Waals surface area contributed by atoms with Crippen molar-refractivity contribution in [3.05, 3.63) is 29.8 Å². The second kappa shape index (κ2) is 6.20. The van der Waals surface area contributed by atoms with Crippen LogP contribution in [-0.2, 0) is 4.79 Å². The largest absolute Gasteiger partial charge is 0.326 e. The third-order valence-corrected chi connectivity index (χ3v) is 3.84. The van der Waals surface area contributed by atoms with Crippen molar-refractivity contribution in [1.29, 1.82) is 0 Å². The molecular formula is C16H24N2O. The lowest BCUT2D eigenvalue weighted by Crippen LogP contribution is -2.40. The van der Waals surface area contributed by atoms with Crippen molar-refractivity contribution in [2.24, 2.45) is 5.92 Å². The van der Waals surface area contributed by atoms with Gasteiger partial charge in [-0.15, -0.1) is 0 Å². The first kappa shape index (κ1) is 14.1. The molecule has 0 bridgehead atoms. The fourth-order valence-electron chi connectivity index (χ4n) is 2.57. The summed E-state index contributed by atoms with van der Waals surface area (Å²) in [4.78, 5) is 12.2. The van der Waals surface area contributed by atoms with E-state index in [1.807, 2.05) is 12.1 Å². The van der Waals surface area contributed by atoms with E-state index < -0.39 is 0 Å². The lowest BCUT2D eigenvalue weighted by atomic mass is 9.92. The van der Waals surface area contributed by atoms with Gasteiger partial charge >= 0.3 is 0 Å². The van der Waals surface area contributed by atoms with E-state index in [0.717, 1.165) is 25.1 Å². The molecule has 0 aromatic heterocycles. The Morgan fingerprint density at radius 3 is 2.58 bits per heavy atom. The van der Waals surface area contributed by atoms with Crippen LogP contribution in [0.4, 0.5) is 5.69 Å². The highest BCUT2D eigenvalue weighted by atomic mass is 16.1. The lowest BCUT2D eigenvalue weighted by molar-refractivity contribution is -0.120. The summed E-state index contributed by atoms with van der Waals surface area (Å²) in [6, 6.07) is 8.61. The van der Waals surface area contributed by atoms with Gasteiger partial charge < -0.3 is 10.6 Å². The van der Waals surface area contributed by atoms with Gasteiger partial charge in [0.1, 0.15) is 0 Å². The Hall–Kier alpha value is -1.35. The summed E-state index contributed by atoms with van der Waals surface area (Å²) >= 11 is 0. The number of hydrogen-bond acceptors (Lipinski definition) is 2. The zero-order chi connectivity index (χ0) is 13.8. The molecule has 2 unspecified atom stereocenters. The predicted octanol–water partition coefficient (Wildman–Crippen LogP) is 3.14. The summed E-state index contributed by atoms with van der Waals surface area (Å²) < 4.78 is 0. The number of nitrogens with one attached hydrogen (secondary N) is 2. The molecule has 2 N–H and O–H groups in total. The SMILES string of the molecule is CC1CC(C(=O)Nc2ccc(C(C)C)cc2)CCN1. The highest BCUT2D eigenvalue weighted by molar-refractivity contribution is 5.92. The van der Waals surface area contributed by atoms with Crippen molar-refractivity contribution >= 4 is 11.6 Å². The Morgan fingerprint density at radius 1 is 1.32 bits per heavy atom. The molecule has 104 valence electrons. The molecule has 1 fully saturated rings. The quantitative estimate of drug-likeness (QED) is 0.876. The average Bonchev–Trinajstić information content (AvgIpc) is 2.39. The van der Waals surface area contributed by atoms with Gasteiger partial charge in [0.05, 0.1) is 0 Å². The monoisotopic (exact) mass is 260 g/mol. The van der Waals surface area contributed by atoms with Gasteiger partial charge in [-0.25, -0.2) is 0 Å². The summed E-state index contributed by atoms with van der Waals surface area (Å²) in [5, 5.41) is 6.40. The van der Waals surface area contributed by atoms with Crippen LogP contribution in [0.15, 0.2) is 24.3 Å². The third kappa shape index (κ3) is 3.80. The van der Waals surface area contributed by atoms with Gasteiger partial charge in [0.2, 0.25) is 5.91 Å². The Kier molecular flexibility index (Phi) is 4.59. The second-order valence-electron chi connectivity index (χ2n) is 5.84. The van der Waals surface area contributed by atoms with Crippen LogP contribution in [0.3, 0.4) is 0 Å². The summed E-state index contributed by atoms with van der Waals surface area (Å²) in [5.41, 5.74) is 2.20. The normalized spacial score (nSPS) is 23.4. The van der Waals surface area contributed by atoms with E-state index in [-0.39, 0.29) is 11.8 Å². The molecule has 1 amide bonds. The zero-order valence-corrected chi connectivity index (χ0v) is 12.1. The highest BCUT2D eigenvalue weighted by Gasteiger charge is 2.24. The molecule has 3 nitrogen and oxygen atoms in total. The fraction of sp³-hybridized carbons (Fsp3) is 0.562. The third-order valence-electron chi connectivity index (χ3n) is 3.84. The molecule has 1 aliphatic heterocycles. The van der Waals surface area contributed by atoms with Crippen molar-refractivity contribution in [2.45, 2.75) is 45.6 Å². The summed E-state index contributed by atoms with van der Waals surface area (Å²) in [6.45, 7) is 7.41. The first-order chi connectivity index (χ1) is 9.06. The van der Waals surface area contributed by atoms with Crippen molar-refractivity contribution in [3.8, 4) is 0 Å². The Bertz CT molecular complexity index is 425. The van der Waals surface area contributed by atoms with Crippen LogP contribution in [-0.4, -0.2) is 18.5 Å². The summed E-state index contributed by atoms with van der Waals surface area (Å²) in [5.74, 6) is 0.821. The predicted molar refractivity (Wildman–Crippen MR) is 79.3 cm³/mol. The van der Waals surface area contributed by atoms with Gasteiger partial charge in [0.25, 0.3) is 0 Å². The van der Waals surface area contributed by atoms with Crippen LogP contribution in [0.5, 0.6) is 0 Å². The average molecular weight is 260 g/mol. The standard InChI is InChI=1S/C16H24N2O/c1-11(2)13-4-6-15(7-5-13)18-16(19)14-8-9-17-12(3)10-14/h4-7,11-12,14,17H,8-10H2,1-3H3,(H,18,19). The molecule has 1 aliphatic rings. The minimum atomic E-state index is 0.140. The smallest absolute Gasteiger partial charge is 0.227 e. The number of piperidine rings is 1. The molecule has 0 aliphatic carbocycles. The number of hydrogen-bond donors (Lipinski definition) is 2. The zero-order valence-electron chi connectivity index (χ0n) is 12.1. The second-order valence-corrected chi connectivity index (χ2v) is 5.84. The van der Waals surface area contributed by atoms with Crippen LogP contribution < -0.4 is 10.6 Å². The maximum atomic E-state index is 12.2. The van der Waals surface area contributed by atoms with E-state index in [0.29, 0.717) is 12.0 Å². The number of anilines is 1. The molecular weight excluding hydrogens is 236 g/mol. The number of benzene rings is 1. The van der Waals surface area contributed by atoms with Crippen LogP contribution >= 0.6 is 0 Å². The molecule has 2 atom stereocenters. The number of rotatable bonds is 3. The van der Waals surface area contributed by atoms with Crippen molar-refractivity contribution in [3.63, 3.8) is 0 Å². The molecule has 1 heterocycles. The Labute approximate surface area is 115 Å². The first-order valence-electron chi connectivity index (χ1n) is 7.20. The van der Waals surface area contributed by atoms with Crippen molar-refractivity contribution in [2.75, 3.05) is 11.9 Å². The van der Waals surface area contributed by atoms with Crippen molar-refractivity contribution < 1.29 is 4.79 Å². The number of amides is 1. The van der Waals surface area contributed by atoms with Gasteiger partial charge in [0, 0.05) is 17.6 Å². The molecule has 1 aromatic carbocycles. The molecule has 2 rings (SSSR count). The van der Waals surface area contributed by atoms with Gasteiger partial charge in [-0.05, 0) is 49.9 Å².